The highest BCUT2D eigenvalue weighted by atomic mass is 32.2. The van der Waals surface area contributed by atoms with Gasteiger partial charge in [0.2, 0.25) is 0 Å². The largest absolute Gasteiger partial charge is 0.293 e. The van der Waals surface area contributed by atoms with Crippen LogP contribution in [0.25, 0.3) is 5.69 Å². The number of para-hydroxylation sites is 1. The van der Waals surface area contributed by atoms with Crippen LogP contribution in [0.5, 0.6) is 0 Å². The average Bonchev–Trinajstić information content (AvgIpc) is 3.42. The van der Waals surface area contributed by atoms with E-state index >= 15 is 0 Å². The molecule has 0 amide bonds. The second kappa shape index (κ2) is 6.99. The lowest BCUT2D eigenvalue weighted by Gasteiger charge is -2.09. The standard InChI is InChI=1S/C19H15F2N3OS/c20-15-9-8-13(10-16(15)21)17(25)11-26-19-23-22-18(12-6-7-12)24(19)14-4-2-1-3-5-14/h1-5,8-10,12H,6-7,11H2. The molecule has 0 N–H and O–H groups in total. The molecule has 1 aliphatic rings. The summed E-state index contributed by atoms with van der Waals surface area (Å²) in [6, 6.07) is 12.9. The van der Waals surface area contributed by atoms with E-state index in [4.69, 9.17) is 0 Å². The van der Waals surface area contributed by atoms with Crippen molar-refractivity contribution in [3.05, 3.63) is 71.6 Å². The summed E-state index contributed by atoms with van der Waals surface area (Å²) < 4.78 is 28.3. The molecule has 3 aromatic rings. The second-order valence-electron chi connectivity index (χ2n) is 6.13. The van der Waals surface area contributed by atoms with Gasteiger partial charge in [0.25, 0.3) is 0 Å². The van der Waals surface area contributed by atoms with Crippen LogP contribution in [0.3, 0.4) is 0 Å². The van der Waals surface area contributed by atoms with E-state index in [1.165, 1.54) is 17.8 Å². The number of ketones is 1. The predicted octanol–water partition coefficient (Wildman–Crippen LogP) is 4.40. The van der Waals surface area contributed by atoms with Crippen LogP contribution in [0.1, 0.15) is 34.9 Å². The Balaban J connectivity index is 1.57. The van der Waals surface area contributed by atoms with Gasteiger partial charge in [-0.3, -0.25) is 9.36 Å². The molecule has 132 valence electrons. The lowest BCUT2D eigenvalue weighted by molar-refractivity contribution is 0.102. The van der Waals surface area contributed by atoms with E-state index in [1.807, 2.05) is 34.9 Å². The van der Waals surface area contributed by atoms with Crippen molar-refractivity contribution >= 4 is 17.5 Å². The number of nitrogens with zero attached hydrogens (tertiary/aromatic N) is 3. The first-order valence-electron chi connectivity index (χ1n) is 8.25. The molecule has 0 saturated heterocycles. The van der Waals surface area contributed by atoms with Gasteiger partial charge in [-0.2, -0.15) is 0 Å². The van der Waals surface area contributed by atoms with Gasteiger partial charge in [0, 0.05) is 17.2 Å². The first-order chi connectivity index (χ1) is 12.6. The van der Waals surface area contributed by atoms with E-state index in [0.29, 0.717) is 11.1 Å². The summed E-state index contributed by atoms with van der Waals surface area (Å²) in [5.41, 5.74) is 1.09. The Morgan fingerprint density at radius 1 is 1.08 bits per heavy atom. The van der Waals surface area contributed by atoms with Gasteiger partial charge in [-0.1, -0.05) is 30.0 Å². The number of thioether (sulfide) groups is 1. The third-order valence-electron chi connectivity index (χ3n) is 4.19. The third-order valence-corrected chi connectivity index (χ3v) is 5.12. The molecule has 1 aromatic heterocycles. The number of hydrogen-bond donors (Lipinski definition) is 0. The normalized spacial score (nSPS) is 13.8. The van der Waals surface area contributed by atoms with Gasteiger partial charge in [0.05, 0.1) is 5.75 Å². The Hall–Kier alpha value is -2.54. The van der Waals surface area contributed by atoms with Crippen LogP contribution in [0, 0.1) is 11.6 Å². The molecule has 26 heavy (non-hydrogen) atoms. The molecule has 1 saturated carbocycles. The first-order valence-corrected chi connectivity index (χ1v) is 9.24. The van der Waals surface area contributed by atoms with Crippen LogP contribution in [0.2, 0.25) is 0 Å². The van der Waals surface area contributed by atoms with Crippen LogP contribution in [0.15, 0.2) is 53.7 Å². The Kier molecular flexibility index (Phi) is 4.55. The molecule has 7 heteroatoms. The molecular weight excluding hydrogens is 356 g/mol. The predicted molar refractivity (Wildman–Crippen MR) is 94.7 cm³/mol. The van der Waals surface area contributed by atoms with Crippen molar-refractivity contribution in [1.82, 2.24) is 14.8 Å². The molecule has 2 aromatic carbocycles. The van der Waals surface area contributed by atoms with Crippen molar-refractivity contribution in [3.63, 3.8) is 0 Å². The van der Waals surface area contributed by atoms with Gasteiger partial charge in [0.1, 0.15) is 5.82 Å². The number of Topliss-reactive ketones (excluding diaryl/α,β-unsaturated/α-hetero) is 1. The van der Waals surface area contributed by atoms with Gasteiger partial charge in [-0.15, -0.1) is 10.2 Å². The van der Waals surface area contributed by atoms with E-state index in [-0.39, 0.29) is 17.1 Å². The van der Waals surface area contributed by atoms with Crippen LogP contribution in [-0.2, 0) is 0 Å². The van der Waals surface area contributed by atoms with E-state index in [1.54, 1.807) is 0 Å². The summed E-state index contributed by atoms with van der Waals surface area (Å²) in [4.78, 5) is 12.3. The zero-order valence-electron chi connectivity index (χ0n) is 13.7. The molecule has 0 aliphatic heterocycles. The highest BCUT2D eigenvalue weighted by molar-refractivity contribution is 7.99. The quantitative estimate of drug-likeness (QED) is 0.476. The minimum absolute atomic E-state index is 0.0701. The lowest BCUT2D eigenvalue weighted by atomic mass is 10.1. The Morgan fingerprint density at radius 3 is 2.54 bits per heavy atom. The average molecular weight is 371 g/mol. The van der Waals surface area contributed by atoms with E-state index in [0.717, 1.165) is 36.5 Å². The maximum atomic E-state index is 13.3. The smallest absolute Gasteiger partial charge is 0.196 e. The fourth-order valence-electron chi connectivity index (χ4n) is 2.68. The van der Waals surface area contributed by atoms with Crippen LogP contribution in [0.4, 0.5) is 8.78 Å². The number of hydrogen-bond acceptors (Lipinski definition) is 4. The maximum Gasteiger partial charge on any atom is 0.196 e. The molecule has 0 spiro atoms. The van der Waals surface area contributed by atoms with Crippen molar-refractivity contribution in [2.75, 3.05) is 5.75 Å². The molecule has 1 heterocycles. The topological polar surface area (TPSA) is 47.8 Å². The minimum Gasteiger partial charge on any atom is -0.293 e. The van der Waals surface area contributed by atoms with E-state index in [2.05, 4.69) is 10.2 Å². The fraction of sp³-hybridized carbons (Fsp3) is 0.211. The zero-order chi connectivity index (χ0) is 18.1. The van der Waals surface area contributed by atoms with E-state index in [9.17, 15) is 13.6 Å². The van der Waals surface area contributed by atoms with Gasteiger partial charge in [-0.05, 0) is 43.2 Å². The Morgan fingerprint density at radius 2 is 1.85 bits per heavy atom. The number of aromatic nitrogens is 3. The van der Waals surface area contributed by atoms with E-state index < -0.39 is 11.6 Å². The highest BCUT2D eigenvalue weighted by Gasteiger charge is 2.31. The maximum absolute atomic E-state index is 13.3. The lowest BCUT2D eigenvalue weighted by Crippen LogP contribution is -2.06. The summed E-state index contributed by atoms with van der Waals surface area (Å²) in [5.74, 6) is -0.903. The van der Waals surface area contributed by atoms with Gasteiger partial charge in [0.15, 0.2) is 22.6 Å². The van der Waals surface area contributed by atoms with Crippen molar-refractivity contribution < 1.29 is 13.6 Å². The summed E-state index contributed by atoms with van der Waals surface area (Å²) in [7, 11) is 0. The summed E-state index contributed by atoms with van der Waals surface area (Å²) in [6.07, 6.45) is 2.17. The zero-order valence-corrected chi connectivity index (χ0v) is 14.5. The highest BCUT2D eigenvalue weighted by Crippen LogP contribution is 2.41. The number of rotatable bonds is 6. The number of carbonyl (C=O) groups is 1. The minimum atomic E-state index is -1.02. The molecule has 0 unspecified atom stereocenters. The van der Waals surface area contributed by atoms with Crippen LogP contribution < -0.4 is 0 Å². The number of benzene rings is 2. The van der Waals surface area contributed by atoms with Crippen molar-refractivity contribution in [3.8, 4) is 5.69 Å². The van der Waals surface area contributed by atoms with Crippen molar-refractivity contribution in [2.45, 2.75) is 23.9 Å². The number of carbonyl (C=O) groups excluding carboxylic acids is 1. The SMILES string of the molecule is O=C(CSc1nnc(C2CC2)n1-c1ccccc1)c1ccc(F)c(F)c1. The molecule has 1 aliphatic carbocycles. The summed E-state index contributed by atoms with van der Waals surface area (Å²) in [6.45, 7) is 0. The van der Waals surface area contributed by atoms with Gasteiger partial charge in [-0.25, -0.2) is 8.78 Å². The van der Waals surface area contributed by atoms with Crippen molar-refractivity contribution in [2.24, 2.45) is 0 Å². The van der Waals surface area contributed by atoms with Gasteiger partial charge >= 0.3 is 0 Å². The molecule has 4 nitrogen and oxygen atoms in total. The van der Waals surface area contributed by atoms with Crippen LogP contribution >= 0.6 is 11.8 Å². The monoisotopic (exact) mass is 371 g/mol. The molecule has 0 bridgehead atoms. The Bertz CT molecular complexity index is 955. The third kappa shape index (κ3) is 3.39. The fourth-order valence-corrected chi connectivity index (χ4v) is 3.54. The Labute approximate surface area is 153 Å². The van der Waals surface area contributed by atoms with Gasteiger partial charge < -0.3 is 0 Å². The molecule has 4 rings (SSSR count). The molecular formula is C19H15F2N3OS. The molecule has 1 fully saturated rings. The summed E-state index contributed by atoms with van der Waals surface area (Å²) in [5, 5.41) is 9.16. The second-order valence-corrected chi connectivity index (χ2v) is 7.07. The van der Waals surface area contributed by atoms with Crippen LogP contribution in [-0.4, -0.2) is 26.3 Å². The number of halogens is 2. The summed E-state index contributed by atoms with van der Waals surface area (Å²) >= 11 is 1.24. The molecule has 0 atom stereocenters. The molecule has 0 radical (unpaired) electrons. The van der Waals surface area contributed by atoms with Crippen molar-refractivity contribution in [1.29, 1.82) is 0 Å². The first kappa shape index (κ1) is 16.9.